The van der Waals surface area contributed by atoms with Gasteiger partial charge in [0.1, 0.15) is 11.5 Å². The minimum Gasteiger partial charge on any atom is -0.466 e. The van der Waals surface area contributed by atoms with Crippen molar-refractivity contribution in [1.29, 1.82) is 0 Å². The maximum atomic E-state index is 9.44. The molecule has 0 aliphatic carbocycles. The van der Waals surface area contributed by atoms with Gasteiger partial charge in [-0.2, -0.15) is 0 Å². The topological polar surface area (TPSA) is 45.4 Å². The molecule has 3 heteroatoms. The minimum atomic E-state index is -0.263. The first kappa shape index (κ1) is 12.3. The van der Waals surface area contributed by atoms with Crippen LogP contribution >= 0.6 is 0 Å². The van der Waals surface area contributed by atoms with Crippen LogP contribution in [0.1, 0.15) is 43.4 Å². The lowest BCUT2D eigenvalue weighted by Gasteiger charge is -2.15. The van der Waals surface area contributed by atoms with E-state index in [2.05, 4.69) is 12.2 Å². The van der Waals surface area contributed by atoms with Gasteiger partial charge in [0.25, 0.3) is 0 Å². The van der Waals surface area contributed by atoms with E-state index < -0.39 is 0 Å². The van der Waals surface area contributed by atoms with Crippen molar-refractivity contribution in [2.24, 2.45) is 0 Å². The fraction of sp³-hybridized carbons (Fsp3) is 0.667. The second-order valence-electron chi connectivity index (χ2n) is 4.06. The average molecular weight is 211 g/mol. The summed E-state index contributed by atoms with van der Waals surface area (Å²) in [6, 6.07) is 2.27. The van der Waals surface area contributed by atoms with E-state index >= 15 is 0 Å². The first-order valence-corrected chi connectivity index (χ1v) is 5.53. The Labute approximate surface area is 91.5 Å². The molecular formula is C12H21NO2. The highest BCUT2D eigenvalue weighted by molar-refractivity contribution is 5.23. The van der Waals surface area contributed by atoms with Crippen LogP contribution in [0.5, 0.6) is 0 Å². The third-order valence-corrected chi connectivity index (χ3v) is 2.68. The monoisotopic (exact) mass is 211 g/mol. The van der Waals surface area contributed by atoms with Gasteiger partial charge in [-0.25, -0.2) is 0 Å². The number of hydrogen-bond donors (Lipinski definition) is 2. The SMILES string of the molecule is CC[C@@H](O)CNC(C)c1cc(C)oc1C. The number of furan rings is 1. The van der Waals surface area contributed by atoms with E-state index in [-0.39, 0.29) is 12.1 Å². The van der Waals surface area contributed by atoms with Crippen molar-refractivity contribution in [3.05, 3.63) is 23.2 Å². The van der Waals surface area contributed by atoms with Crippen LogP contribution in [0.4, 0.5) is 0 Å². The van der Waals surface area contributed by atoms with Crippen molar-refractivity contribution in [2.45, 2.75) is 46.3 Å². The molecule has 0 aliphatic heterocycles. The van der Waals surface area contributed by atoms with Crippen molar-refractivity contribution in [3.63, 3.8) is 0 Å². The number of aliphatic hydroxyl groups is 1. The molecule has 1 unspecified atom stereocenters. The minimum absolute atomic E-state index is 0.226. The maximum Gasteiger partial charge on any atom is 0.105 e. The van der Waals surface area contributed by atoms with E-state index in [1.807, 2.05) is 26.8 Å². The van der Waals surface area contributed by atoms with E-state index in [0.29, 0.717) is 6.54 Å². The fourth-order valence-corrected chi connectivity index (χ4v) is 1.65. The Bertz CT molecular complexity index is 307. The molecule has 86 valence electrons. The summed E-state index contributed by atoms with van der Waals surface area (Å²) < 4.78 is 5.47. The second-order valence-corrected chi connectivity index (χ2v) is 4.06. The molecule has 0 saturated carbocycles. The Morgan fingerprint density at radius 1 is 1.47 bits per heavy atom. The lowest BCUT2D eigenvalue weighted by atomic mass is 10.1. The van der Waals surface area contributed by atoms with Crippen LogP contribution in [0.15, 0.2) is 10.5 Å². The van der Waals surface area contributed by atoms with Gasteiger partial charge in [-0.1, -0.05) is 6.92 Å². The van der Waals surface area contributed by atoms with Gasteiger partial charge in [-0.15, -0.1) is 0 Å². The molecule has 1 aromatic heterocycles. The Hall–Kier alpha value is -0.800. The Morgan fingerprint density at radius 2 is 2.13 bits per heavy atom. The van der Waals surface area contributed by atoms with E-state index in [4.69, 9.17) is 4.42 Å². The van der Waals surface area contributed by atoms with Crippen LogP contribution in [0.3, 0.4) is 0 Å². The van der Waals surface area contributed by atoms with Gasteiger partial charge in [0, 0.05) is 18.2 Å². The summed E-state index contributed by atoms with van der Waals surface area (Å²) in [4.78, 5) is 0. The highest BCUT2D eigenvalue weighted by Gasteiger charge is 2.12. The van der Waals surface area contributed by atoms with Gasteiger partial charge < -0.3 is 14.8 Å². The number of rotatable bonds is 5. The quantitative estimate of drug-likeness (QED) is 0.785. The molecule has 3 nitrogen and oxygen atoms in total. The fourth-order valence-electron chi connectivity index (χ4n) is 1.65. The van der Waals surface area contributed by atoms with Crippen molar-refractivity contribution < 1.29 is 9.52 Å². The third kappa shape index (κ3) is 3.36. The largest absolute Gasteiger partial charge is 0.466 e. The first-order chi connectivity index (χ1) is 7.04. The molecule has 2 atom stereocenters. The summed E-state index contributed by atoms with van der Waals surface area (Å²) >= 11 is 0. The third-order valence-electron chi connectivity index (χ3n) is 2.68. The number of aryl methyl sites for hydroxylation is 2. The van der Waals surface area contributed by atoms with Crippen molar-refractivity contribution in [3.8, 4) is 0 Å². The van der Waals surface area contributed by atoms with Gasteiger partial charge in [0.15, 0.2) is 0 Å². The normalized spacial score (nSPS) is 15.3. The second kappa shape index (κ2) is 5.33. The molecule has 1 heterocycles. The smallest absolute Gasteiger partial charge is 0.105 e. The summed E-state index contributed by atoms with van der Waals surface area (Å²) in [5, 5.41) is 12.7. The predicted octanol–water partition coefficient (Wildman–Crippen LogP) is 2.32. The maximum absolute atomic E-state index is 9.44. The summed E-state index contributed by atoms with van der Waals surface area (Å²) in [5.41, 5.74) is 1.18. The molecule has 0 aromatic carbocycles. The number of hydrogen-bond acceptors (Lipinski definition) is 3. The molecule has 2 N–H and O–H groups in total. The molecule has 0 radical (unpaired) electrons. The van der Waals surface area contributed by atoms with Gasteiger partial charge in [-0.05, 0) is 33.3 Å². The summed E-state index contributed by atoms with van der Waals surface area (Å²) in [6.07, 6.45) is 0.518. The number of aliphatic hydroxyl groups excluding tert-OH is 1. The van der Waals surface area contributed by atoms with Crippen LogP contribution < -0.4 is 5.32 Å². The molecule has 0 spiro atoms. The Morgan fingerprint density at radius 3 is 2.60 bits per heavy atom. The molecule has 0 amide bonds. The van der Waals surface area contributed by atoms with E-state index in [1.54, 1.807) is 0 Å². The zero-order valence-corrected chi connectivity index (χ0v) is 10.0. The van der Waals surface area contributed by atoms with Gasteiger partial charge in [-0.3, -0.25) is 0 Å². The van der Waals surface area contributed by atoms with Crippen LogP contribution in [-0.2, 0) is 0 Å². The molecule has 15 heavy (non-hydrogen) atoms. The predicted molar refractivity (Wildman–Crippen MR) is 60.9 cm³/mol. The van der Waals surface area contributed by atoms with E-state index in [9.17, 15) is 5.11 Å². The molecule has 0 aliphatic rings. The molecule has 0 bridgehead atoms. The van der Waals surface area contributed by atoms with Crippen molar-refractivity contribution in [2.75, 3.05) is 6.54 Å². The number of nitrogens with one attached hydrogen (secondary N) is 1. The summed E-state index contributed by atoms with van der Waals surface area (Å²) in [7, 11) is 0. The van der Waals surface area contributed by atoms with Crippen LogP contribution in [0, 0.1) is 13.8 Å². The summed E-state index contributed by atoms with van der Waals surface area (Å²) in [6.45, 7) is 8.60. The van der Waals surface area contributed by atoms with Crippen LogP contribution in [0.25, 0.3) is 0 Å². The molecule has 1 aromatic rings. The zero-order valence-electron chi connectivity index (χ0n) is 10.0. The Kier molecular flexibility index (Phi) is 4.36. The van der Waals surface area contributed by atoms with E-state index in [1.165, 1.54) is 5.56 Å². The molecule has 1 rings (SSSR count). The molecule has 0 saturated heterocycles. The van der Waals surface area contributed by atoms with Gasteiger partial charge in [0.05, 0.1) is 6.10 Å². The average Bonchev–Trinajstić information content (AvgIpc) is 2.53. The Balaban J connectivity index is 2.53. The van der Waals surface area contributed by atoms with Crippen LogP contribution in [0.2, 0.25) is 0 Å². The van der Waals surface area contributed by atoms with Crippen molar-refractivity contribution >= 4 is 0 Å². The van der Waals surface area contributed by atoms with Crippen LogP contribution in [-0.4, -0.2) is 17.8 Å². The lowest BCUT2D eigenvalue weighted by molar-refractivity contribution is 0.163. The zero-order chi connectivity index (χ0) is 11.4. The highest BCUT2D eigenvalue weighted by atomic mass is 16.3. The summed E-state index contributed by atoms with van der Waals surface area (Å²) in [5.74, 6) is 1.89. The van der Waals surface area contributed by atoms with E-state index in [0.717, 1.165) is 17.9 Å². The van der Waals surface area contributed by atoms with Gasteiger partial charge in [0.2, 0.25) is 0 Å². The molecule has 0 fully saturated rings. The lowest BCUT2D eigenvalue weighted by Crippen LogP contribution is -2.28. The van der Waals surface area contributed by atoms with Gasteiger partial charge >= 0.3 is 0 Å². The standard InChI is InChI=1S/C12H21NO2/c1-5-11(14)7-13-9(3)12-6-8(2)15-10(12)4/h6,9,11,13-14H,5,7H2,1-4H3/t9?,11-/m1/s1. The first-order valence-electron chi connectivity index (χ1n) is 5.53. The molecular weight excluding hydrogens is 190 g/mol. The van der Waals surface area contributed by atoms with Crippen molar-refractivity contribution in [1.82, 2.24) is 5.32 Å². The highest BCUT2D eigenvalue weighted by Crippen LogP contribution is 2.20.